The maximum Gasteiger partial charge on any atom is 0.408 e. The molecule has 0 unspecified atom stereocenters. The van der Waals surface area contributed by atoms with E-state index in [1.807, 2.05) is 149 Å². The lowest BCUT2D eigenvalue weighted by Crippen LogP contribution is -2.61. The number of esters is 4. The Bertz CT molecular complexity index is 4940. The van der Waals surface area contributed by atoms with Crippen molar-refractivity contribution in [3.8, 4) is 5.75 Å². The molecule has 810 valence electrons. The van der Waals surface area contributed by atoms with E-state index < -0.39 is 185 Å². The third-order valence-corrected chi connectivity index (χ3v) is 25.5. The van der Waals surface area contributed by atoms with Gasteiger partial charge in [-0.2, -0.15) is 0 Å². The normalized spacial score (nSPS) is 15.2. The Labute approximate surface area is 868 Å². The Morgan fingerprint density at radius 1 is 0.442 bits per heavy atom. The molecule has 35 nitrogen and oxygen atoms in total. The number of likely N-dealkylation sites (N-methyl/N-ethyl adjacent to an activating group) is 1. The molecule has 16 atom stereocenters. The summed E-state index contributed by atoms with van der Waals surface area (Å²) in [5.74, 6) is -13.2. The molecule has 1 aliphatic heterocycles. The average molecular weight is 2050 g/mol. The van der Waals surface area contributed by atoms with Gasteiger partial charge in [-0.3, -0.25) is 57.6 Å². The molecular formula is C112H163N11O24. The van der Waals surface area contributed by atoms with Crippen LogP contribution in [0.3, 0.4) is 0 Å². The first-order chi connectivity index (χ1) is 69.8. The van der Waals surface area contributed by atoms with Crippen LogP contribution in [0.1, 0.15) is 242 Å². The minimum absolute atomic E-state index is 0.00830. The van der Waals surface area contributed by atoms with Crippen LogP contribution in [0.15, 0.2) is 158 Å². The number of nitrogens with one attached hydrogen (secondary N) is 9. The zero-order chi connectivity index (χ0) is 109. The van der Waals surface area contributed by atoms with Gasteiger partial charge < -0.3 is 90.6 Å². The number of ether oxygens (including phenoxy) is 8. The number of carbonyl (C=O) groups excluding carboxylic acids is 16. The Kier molecular flexibility index (Phi) is 55.2. The van der Waals surface area contributed by atoms with Gasteiger partial charge in [0.05, 0.1) is 19.3 Å². The number of ketones is 2. The first-order valence-corrected chi connectivity index (χ1v) is 51.5. The largest absolute Gasteiger partial charge is 0.488 e. The number of carbonyl (C=O) groups is 16. The van der Waals surface area contributed by atoms with Crippen LogP contribution in [0, 0.1) is 47.3 Å². The van der Waals surface area contributed by atoms with Gasteiger partial charge in [0.25, 0.3) is 0 Å². The van der Waals surface area contributed by atoms with E-state index >= 15 is 19.2 Å². The molecule has 1 heterocycles. The van der Waals surface area contributed by atoms with E-state index in [0.29, 0.717) is 75.3 Å². The summed E-state index contributed by atoms with van der Waals surface area (Å²) >= 11 is 0. The van der Waals surface area contributed by atoms with Gasteiger partial charge in [0.15, 0.2) is 6.29 Å². The van der Waals surface area contributed by atoms with Crippen LogP contribution in [0.25, 0.3) is 0 Å². The molecule has 9 N–H and O–H groups in total. The molecule has 0 saturated carbocycles. The topological polar surface area (TPSA) is 462 Å². The number of rotatable bonds is 62. The third kappa shape index (κ3) is 44.8. The predicted molar refractivity (Wildman–Crippen MR) is 557 cm³/mol. The Hall–Kier alpha value is -12.8. The van der Waals surface area contributed by atoms with Crippen molar-refractivity contribution in [1.29, 1.82) is 0 Å². The standard InChI is InChI=1S/C75H107N7O14.C37H56N4O10/c1-15-50(7)65(78-69(86)60(37-39-64-92-40-41-93-64)82(45-54-26-20-17-21-27-54)46-55-28-22-18-23-29-55)72(89)81(14)61(43-53-32-35-58(36-33-53)96-75(10,11)12)70(87)79-66(51(8)16-2)74(91)95-52(9)67(80-68(85)57(34-38-63(84)76-13)44-62(83)49(5)6)71(88)77-59(42-48(3)4)73(90)94-47-56-30-24-19-25-31-56;1-9-19-49-37(48)41-31(24(6)10-2)36(47)51-25(7)32(40-33(44)27(21-28(42)11-3)17-18-30(43)38-8)34(45)39-29(20-23(4)5)35(46)50-22-26-15-13-12-14-16-26/h17-33,35-36,48-52,57,59-61,64-67H,15-16,34,37-47H2,1-14H3,(H,76,84)(H,77,88)(H,78,86)(H,79,87)(H,80,85);9,12-16,23-25,27,29,31-32H,1,10-11,17-22H2,2-8H3,(H,38,43)(H,39,45)(H,40,44)(H,41,48)/t50-,51-,52+,57+,59-,60-,61-,65-,66-,67-;24-,25+,27+,29-,31-,32-/m00/s1. The second-order valence-electron chi connectivity index (χ2n) is 39.9. The molecule has 1 aliphatic rings. The van der Waals surface area contributed by atoms with Crippen LogP contribution in [0.2, 0.25) is 0 Å². The fourth-order valence-electron chi connectivity index (χ4n) is 16.1. The second kappa shape index (κ2) is 65.1. The van der Waals surface area contributed by atoms with Gasteiger partial charge in [-0.15, -0.1) is 0 Å². The SMILES string of the molecule is C=CCOC(=O)N[C@H](C(=O)O[C@H](C)[C@H](NC(=O)[C@H](CCC(=O)NC)CC(=O)CC)C(=O)N[C@@H](CC(C)C)C(=O)OCc1ccccc1)[C@@H](C)CC.CC[C@H](C)[C@H](NC(=O)[C@H](Cc1ccc(OC(C)(C)C)cc1)N(C)C(=O)[C@@H](NC(=O)[C@H](CCC1OCCO1)N(Cc1ccccc1)Cc1ccccc1)[C@@H](C)CC)C(=O)O[C@H](C)[C@H](NC(=O)[C@H](CCC(=O)NC)CC(=O)C(C)C)C(=O)N[C@@H](CC(C)C)C(=O)OCc1ccccc1. The average Bonchev–Trinajstić information content (AvgIpc) is 1.16. The maximum atomic E-state index is 15.6. The number of alkyl carbamates (subject to hydrolysis) is 1. The van der Waals surface area contributed by atoms with Gasteiger partial charge in [-0.1, -0.05) is 255 Å². The quantitative estimate of drug-likeness (QED) is 0.00991. The van der Waals surface area contributed by atoms with Crippen molar-refractivity contribution in [2.75, 3.05) is 41.0 Å². The summed E-state index contributed by atoms with van der Waals surface area (Å²) in [4.78, 5) is 225. The summed E-state index contributed by atoms with van der Waals surface area (Å²) in [6.45, 7) is 36.8. The summed E-state index contributed by atoms with van der Waals surface area (Å²) in [5.41, 5.74) is 3.52. The lowest BCUT2D eigenvalue weighted by Gasteiger charge is -2.36. The Morgan fingerprint density at radius 2 is 0.837 bits per heavy atom. The molecule has 5 aromatic rings. The fourth-order valence-corrected chi connectivity index (χ4v) is 16.1. The summed E-state index contributed by atoms with van der Waals surface area (Å²) < 4.78 is 45.9. The molecule has 1 fully saturated rings. The van der Waals surface area contributed by atoms with Crippen LogP contribution < -0.4 is 52.6 Å². The van der Waals surface area contributed by atoms with Gasteiger partial charge in [-0.25, -0.2) is 24.0 Å². The highest BCUT2D eigenvalue weighted by atomic mass is 16.7. The minimum Gasteiger partial charge on any atom is -0.488 e. The van der Waals surface area contributed by atoms with E-state index in [1.54, 1.807) is 107 Å². The van der Waals surface area contributed by atoms with E-state index in [9.17, 15) is 57.5 Å². The fraction of sp³-hybridized carbons (Fsp3) is 0.571. The molecule has 35 heteroatoms. The van der Waals surface area contributed by atoms with E-state index in [-0.39, 0.29) is 119 Å². The zero-order valence-corrected chi connectivity index (χ0v) is 89.9. The first-order valence-electron chi connectivity index (χ1n) is 51.5. The summed E-state index contributed by atoms with van der Waals surface area (Å²) in [6, 6.07) is 33.4. The molecule has 0 bridgehead atoms. The number of hydrogen-bond donors (Lipinski definition) is 9. The van der Waals surface area contributed by atoms with Gasteiger partial charge in [0, 0.05) is 96.9 Å². The Morgan fingerprint density at radius 3 is 1.23 bits per heavy atom. The van der Waals surface area contributed by atoms with Gasteiger partial charge in [0.1, 0.15) is 103 Å². The predicted octanol–water partition coefficient (Wildman–Crippen LogP) is 12.5. The number of benzene rings is 5. The monoisotopic (exact) mass is 2050 g/mol. The van der Waals surface area contributed by atoms with Crippen LogP contribution >= 0.6 is 0 Å². The van der Waals surface area contributed by atoms with Crippen LogP contribution in [0.5, 0.6) is 5.75 Å². The van der Waals surface area contributed by atoms with Crippen molar-refractivity contribution in [3.63, 3.8) is 0 Å². The molecular weight excluding hydrogens is 1880 g/mol. The molecule has 0 aliphatic carbocycles. The summed E-state index contributed by atoms with van der Waals surface area (Å²) in [7, 11) is 4.40. The first kappa shape index (κ1) is 125. The molecule has 0 aromatic heterocycles. The molecule has 6 rings (SSSR count). The van der Waals surface area contributed by atoms with E-state index in [4.69, 9.17) is 37.9 Å². The number of hydrogen-bond acceptors (Lipinski definition) is 25. The highest BCUT2D eigenvalue weighted by Gasteiger charge is 2.44. The highest BCUT2D eigenvalue weighted by molar-refractivity contribution is 5.98. The molecule has 147 heavy (non-hydrogen) atoms. The molecule has 0 radical (unpaired) electrons. The van der Waals surface area contributed by atoms with Crippen LogP contribution in [-0.2, 0) is 138 Å². The molecule has 1 saturated heterocycles. The van der Waals surface area contributed by atoms with Crippen molar-refractivity contribution in [3.05, 3.63) is 186 Å². The van der Waals surface area contributed by atoms with E-state index in [1.165, 1.54) is 46.0 Å². The van der Waals surface area contributed by atoms with Crippen molar-refractivity contribution in [2.45, 2.75) is 326 Å². The van der Waals surface area contributed by atoms with Crippen molar-refractivity contribution < 1.29 is 115 Å². The third-order valence-electron chi connectivity index (χ3n) is 25.5. The molecule has 10 amide bonds. The number of nitrogens with zero attached hydrogens (tertiary/aromatic N) is 2. The second-order valence-corrected chi connectivity index (χ2v) is 39.9. The van der Waals surface area contributed by atoms with E-state index in [2.05, 4.69) is 59.3 Å². The highest BCUT2D eigenvalue weighted by Crippen LogP contribution is 2.28. The van der Waals surface area contributed by atoms with Crippen LogP contribution in [0.4, 0.5) is 4.79 Å². The van der Waals surface area contributed by atoms with E-state index in [0.717, 1.165) is 16.7 Å². The van der Waals surface area contributed by atoms with Gasteiger partial charge >= 0.3 is 30.0 Å². The molecule has 0 spiro atoms. The van der Waals surface area contributed by atoms with Crippen molar-refractivity contribution >= 4 is 94.7 Å². The smallest absolute Gasteiger partial charge is 0.408 e. The summed E-state index contributed by atoms with van der Waals surface area (Å²) in [5, 5.41) is 24.3. The van der Waals surface area contributed by atoms with Gasteiger partial charge in [-0.05, 0) is 136 Å². The van der Waals surface area contributed by atoms with Crippen molar-refractivity contribution in [1.82, 2.24) is 57.7 Å². The minimum atomic E-state index is -1.70. The lowest BCUT2D eigenvalue weighted by atomic mass is 9.91. The maximum absolute atomic E-state index is 15.6. The summed E-state index contributed by atoms with van der Waals surface area (Å²) in [6.07, 6.45) is -1.15. The molecule has 5 aromatic carbocycles. The number of amides is 10. The Balaban J connectivity index is 0.000000627. The zero-order valence-electron chi connectivity index (χ0n) is 89.9. The van der Waals surface area contributed by atoms with Crippen molar-refractivity contribution in [2.24, 2.45) is 47.3 Å². The number of Topliss-reactive ketones (excluding diaryl/α,β-unsaturated/α-hetero) is 2. The van der Waals surface area contributed by atoms with Gasteiger partial charge in [0.2, 0.25) is 53.2 Å². The van der Waals surface area contributed by atoms with Crippen LogP contribution in [-0.4, -0.2) is 224 Å². The lowest BCUT2D eigenvalue weighted by molar-refractivity contribution is -0.159.